The maximum Gasteiger partial charge on any atom is 0.434 e. The van der Waals surface area contributed by atoms with Crippen LogP contribution in [0.3, 0.4) is 0 Å². The number of alkyl halides is 3. The van der Waals surface area contributed by atoms with Gasteiger partial charge in [0.1, 0.15) is 0 Å². The Bertz CT molecular complexity index is 810. The van der Waals surface area contributed by atoms with E-state index in [1.54, 1.807) is 36.4 Å². The molecule has 6 heteroatoms. The lowest BCUT2D eigenvalue weighted by Gasteiger charge is -2.05. The summed E-state index contributed by atoms with van der Waals surface area (Å²) in [5, 5.41) is 3.18. The molecule has 0 saturated carbocycles. The second-order valence-electron chi connectivity index (χ2n) is 5.06. The first-order valence-corrected chi connectivity index (χ1v) is 7.72. The minimum atomic E-state index is -4.49. The van der Waals surface area contributed by atoms with E-state index in [1.807, 2.05) is 25.1 Å². The predicted molar refractivity (Wildman–Crippen MR) is 87.0 cm³/mol. The Hall–Kier alpha value is -2.34. The summed E-state index contributed by atoms with van der Waals surface area (Å²) in [6.45, 7) is 1.92. The molecule has 1 heterocycles. The molecule has 0 aliphatic carbocycles. The number of nitrogens with zero attached hydrogens (tertiary/aromatic N) is 1. The van der Waals surface area contributed by atoms with Crippen molar-refractivity contribution in [3.63, 3.8) is 0 Å². The van der Waals surface area contributed by atoms with E-state index in [1.165, 1.54) is 0 Å². The molecule has 0 unspecified atom stereocenters. The second kappa shape index (κ2) is 6.04. The van der Waals surface area contributed by atoms with Gasteiger partial charge in [0.05, 0.1) is 4.88 Å². The van der Waals surface area contributed by atoms with Crippen molar-refractivity contribution < 1.29 is 13.2 Å². The van der Waals surface area contributed by atoms with Crippen LogP contribution in [-0.2, 0) is 6.18 Å². The van der Waals surface area contributed by atoms with Crippen LogP contribution in [0.15, 0.2) is 54.6 Å². The number of aromatic nitrogens is 1. The fourth-order valence-electron chi connectivity index (χ4n) is 2.20. The molecule has 0 fully saturated rings. The van der Waals surface area contributed by atoms with Crippen LogP contribution in [0.25, 0.3) is 10.4 Å². The molecule has 3 rings (SSSR count). The molecule has 0 aliphatic rings. The van der Waals surface area contributed by atoms with Gasteiger partial charge in [-0.3, -0.25) is 0 Å². The standard InChI is InChI=1S/C17H13F3N2S/c1-11-6-5-9-13(10-11)21-16-22-15(17(18,19)20)14(23-16)12-7-3-2-4-8-12/h2-10H,1H3,(H,21,22). The largest absolute Gasteiger partial charge is 0.434 e. The van der Waals surface area contributed by atoms with Gasteiger partial charge in [-0.05, 0) is 30.2 Å². The highest BCUT2D eigenvalue weighted by Crippen LogP contribution is 2.42. The molecule has 0 spiro atoms. The highest BCUT2D eigenvalue weighted by atomic mass is 32.1. The molecule has 0 saturated heterocycles. The zero-order valence-corrected chi connectivity index (χ0v) is 13.0. The van der Waals surface area contributed by atoms with Gasteiger partial charge in [0, 0.05) is 5.69 Å². The Kier molecular flexibility index (Phi) is 4.09. The number of hydrogen-bond donors (Lipinski definition) is 1. The van der Waals surface area contributed by atoms with Gasteiger partial charge in [0.15, 0.2) is 10.8 Å². The zero-order chi connectivity index (χ0) is 16.4. The van der Waals surface area contributed by atoms with Crippen molar-refractivity contribution in [3.05, 3.63) is 65.9 Å². The molecule has 2 nitrogen and oxygen atoms in total. The molecule has 2 aromatic carbocycles. The zero-order valence-electron chi connectivity index (χ0n) is 12.2. The van der Waals surface area contributed by atoms with E-state index in [0.717, 1.165) is 16.9 Å². The molecule has 1 N–H and O–H groups in total. The second-order valence-corrected chi connectivity index (χ2v) is 6.05. The quantitative estimate of drug-likeness (QED) is 0.647. The monoisotopic (exact) mass is 334 g/mol. The van der Waals surface area contributed by atoms with E-state index < -0.39 is 11.9 Å². The van der Waals surface area contributed by atoms with Crippen LogP contribution in [0.4, 0.5) is 24.0 Å². The normalized spacial score (nSPS) is 11.5. The molecule has 118 valence electrons. The van der Waals surface area contributed by atoms with Gasteiger partial charge in [-0.2, -0.15) is 13.2 Å². The van der Waals surface area contributed by atoms with Crippen LogP contribution in [0.2, 0.25) is 0 Å². The first-order chi connectivity index (χ1) is 10.9. The van der Waals surface area contributed by atoms with Crippen molar-refractivity contribution >= 4 is 22.2 Å². The summed E-state index contributed by atoms with van der Waals surface area (Å²) >= 11 is 0.998. The maximum absolute atomic E-state index is 13.3. The number of thiazole rings is 1. The lowest BCUT2D eigenvalue weighted by molar-refractivity contribution is -0.140. The molecular weight excluding hydrogens is 321 g/mol. The molecule has 0 atom stereocenters. The van der Waals surface area contributed by atoms with Gasteiger partial charge >= 0.3 is 6.18 Å². The van der Waals surface area contributed by atoms with Gasteiger partial charge in [-0.1, -0.05) is 53.8 Å². The highest BCUT2D eigenvalue weighted by molar-refractivity contribution is 7.19. The molecule has 0 aliphatic heterocycles. The lowest BCUT2D eigenvalue weighted by atomic mass is 10.1. The van der Waals surface area contributed by atoms with Crippen LogP contribution in [-0.4, -0.2) is 4.98 Å². The van der Waals surface area contributed by atoms with Crippen molar-refractivity contribution in [3.8, 4) is 10.4 Å². The van der Waals surface area contributed by atoms with Crippen molar-refractivity contribution in [1.82, 2.24) is 4.98 Å². The predicted octanol–water partition coefficient (Wildman–Crippen LogP) is 5.88. The lowest BCUT2D eigenvalue weighted by Crippen LogP contribution is -2.07. The van der Waals surface area contributed by atoms with Crippen LogP contribution in [0, 0.1) is 6.92 Å². The van der Waals surface area contributed by atoms with Gasteiger partial charge in [0.25, 0.3) is 0 Å². The summed E-state index contributed by atoms with van der Waals surface area (Å²) < 4.78 is 39.8. The van der Waals surface area contributed by atoms with Crippen molar-refractivity contribution in [1.29, 1.82) is 0 Å². The van der Waals surface area contributed by atoms with Crippen LogP contribution in [0.5, 0.6) is 0 Å². The number of anilines is 2. The fraction of sp³-hybridized carbons (Fsp3) is 0.118. The summed E-state index contributed by atoms with van der Waals surface area (Å²) in [4.78, 5) is 3.88. The van der Waals surface area contributed by atoms with E-state index in [0.29, 0.717) is 11.3 Å². The Labute approximate surface area is 135 Å². The molecular formula is C17H13F3N2S. The molecule has 1 aromatic heterocycles. The van der Waals surface area contributed by atoms with Gasteiger partial charge in [-0.25, -0.2) is 4.98 Å². The molecule has 3 aromatic rings. The number of nitrogens with one attached hydrogen (secondary N) is 1. The van der Waals surface area contributed by atoms with Crippen LogP contribution < -0.4 is 5.32 Å². The van der Waals surface area contributed by atoms with Crippen LogP contribution in [0.1, 0.15) is 11.3 Å². The third kappa shape index (κ3) is 3.53. The van der Waals surface area contributed by atoms with E-state index in [-0.39, 0.29) is 10.0 Å². The maximum atomic E-state index is 13.3. The first-order valence-electron chi connectivity index (χ1n) is 6.90. The molecule has 23 heavy (non-hydrogen) atoms. The highest BCUT2D eigenvalue weighted by Gasteiger charge is 2.38. The Balaban J connectivity index is 2.02. The Morgan fingerprint density at radius 2 is 1.74 bits per heavy atom. The number of rotatable bonds is 3. The summed E-state index contributed by atoms with van der Waals surface area (Å²) in [6, 6.07) is 15.9. The SMILES string of the molecule is Cc1cccc(Nc2nc(C(F)(F)F)c(-c3ccccc3)s2)c1. The third-order valence-corrected chi connectivity index (χ3v) is 4.22. The van der Waals surface area contributed by atoms with Crippen molar-refractivity contribution in [2.24, 2.45) is 0 Å². The van der Waals surface area contributed by atoms with Crippen molar-refractivity contribution in [2.75, 3.05) is 5.32 Å². The Morgan fingerprint density at radius 1 is 1.00 bits per heavy atom. The topological polar surface area (TPSA) is 24.9 Å². The molecule has 0 amide bonds. The third-order valence-electron chi connectivity index (χ3n) is 3.20. The molecule has 0 radical (unpaired) electrons. The van der Waals surface area contributed by atoms with Crippen molar-refractivity contribution in [2.45, 2.75) is 13.1 Å². The van der Waals surface area contributed by atoms with Crippen LogP contribution >= 0.6 is 11.3 Å². The average Bonchev–Trinajstić information content (AvgIpc) is 2.92. The van der Waals surface area contributed by atoms with E-state index in [4.69, 9.17) is 0 Å². The first kappa shape index (κ1) is 15.6. The Morgan fingerprint density at radius 3 is 2.39 bits per heavy atom. The van der Waals surface area contributed by atoms with Gasteiger partial charge < -0.3 is 5.32 Å². The number of hydrogen-bond acceptors (Lipinski definition) is 3. The fourth-order valence-corrected chi connectivity index (χ4v) is 3.21. The minimum Gasteiger partial charge on any atom is -0.332 e. The summed E-state index contributed by atoms with van der Waals surface area (Å²) in [5.41, 5.74) is 1.39. The van der Waals surface area contributed by atoms with E-state index >= 15 is 0 Å². The number of aryl methyl sites for hydroxylation is 1. The smallest absolute Gasteiger partial charge is 0.332 e. The number of halogens is 3. The van der Waals surface area contributed by atoms with E-state index in [2.05, 4.69) is 10.3 Å². The average molecular weight is 334 g/mol. The van der Waals surface area contributed by atoms with Gasteiger partial charge in [-0.15, -0.1) is 0 Å². The molecule has 0 bridgehead atoms. The summed E-state index contributed by atoms with van der Waals surface area (Å²) in [7, 11) is 0. The minimum absolute atomic E-state index is 0.119. The summed E-state index contributed by atoms with van der Waals surface area (Å²) in [6.07, 6.45) is -4.49. The van der Waals surface area contributed by atoms with E-state index in [9.17, 15) is 13.2 Å². The van der Waals surface area contributed by atoms with Gasteiger partial charge in [0.2, 0.25) is 0 Å². The number of benzene rings is 2. The summed E-state index contributed by atoms with van der Waals surface area (Å²) in [5.74, 6) is 0.